The van der Waals surface area contributed by atoms with Crippen molar-refractivity contribution in [1.82, 2.24) is 0 Å². The van der Waals surface area contributed by atoms with Crippen LogP contribution in [-0.2, 0) is 10.2 Å². The molecule has 1 aliphatic rings. The van der Waals surface area contributed by atoms with Gasteiger partial charge in [0.2, 0.25) is 0 Å². The summed E-state index contributed by atoms with van der Waals surface area (Å²) in [6.07, 6.45) is 0. The van der Waals surface area contributed by atoms with E-state index in [-0.39, 0.29) is 26.8 Å². The number of carbonyl (C=O) groups excluding carboxylic acids is 1. The van der Waals surface area contributed by atoms with Crippen LogP contribution in [0.15, 0.2) is 140 Å². The van der Waals surface area contributed by atoms with E-state index in [0.717, 1.165) is 16.7 Å². The van der Waals surface area contributed by atoms with Gasteiger partial charge in [-0.2, -0.15) is 0 Å². The van der Waals surface area contributed by atoms with Gasteiger partial charge in [-0.05, 0) is 45.9 Å². The molecule has 42 heavy (non-hydrogen) atoms. The molecule has 0 aromatic heterocycles. The molecule has 3 nitrogen and oxygen atoms in total. The number of rotatable bonds is 9. The van der Waals surface area contributed by atoms with Crippen LogP contribution in [0.4, 0.5) is 4.79 Å². The second-order valence-corrected chi connectivity index (χ2v) is 12.8. The smallest absolute Gasteiger partial charge is 0.323 e. The van der Waals surface area contributed by atoms with Gasteiger partial charge in [0.25, 0.3) is 0 Å². The zero-order chi connectivity index (χ0) is 29.2. The van der Waals surface area contributed by atoms with Crippen LogP contribution in [0, 0.1) is 0 Å². The van der Waals surface area contributed by atoms with E-state index in [2.05, 4.69) is 60.7 Å². The molecule has 6 rings (SSSR count). The number of aliphatic hydroxyl groups is 1. The first-order valence-electron chi connectivity index (χ1n) is 14.4. The van der Waals surface area contributed by atoms with Crippen molar-refractivity contribution >= 4 is 14.3 Å². The fourth-order valence-corrected chi connectivity index (χ4v) is 7.74. The molecule has 3 unspecified atom stereocenters. The average Bonchev–Trinajstić information content (AvgIpc) is 3.35. The highest BCUT2D eigenvalue weighted by atomic mass is 31.1. The Morgan fingerprint density at radius 2 is 1.07 bits per heavy atom. The Kier molecular flexibility index (Phi) is 7.82. The largest absolute Gasteiger partial charge is 0.462 e. The molecule has 0 fully saturated rings. The molecule has 4 heteroatoms. The van der Waals surface area contributed by atoms with Crippen molar-refractivity contribution in [2.45, 2.75) is 36.4 Å². The third-order valence-corrected chi connectivity index (χ3v) is 10.3. The number of benzene rings is 5. The van der Waals surface area contributed by atoms with E-state index in [4.69, 9.17) is 4.74 Å². The maximum Gasteiger partial charge on any atom is 0.323 e. The quantitative estimate of drug-likeness (QED) is 0.142. The normalized spacial score (nSPS) is 15.1. The van der Waals surface area contributed by atoms with Gasteiger partial charge in [-0.15, -0.1) is 0 Å². The van der Waals surface area contributed by atoms with Gasteiger partial charge in [-0.1, -0.05) is 146 Å². The summed E-state index contributed by atoms with van der Waals surface area (Å²) in [4.78, 5) is 13.5. The Morgan fingerprint density at radius 1 is 0.690 bits per heavy atom. The fourth-order valence-electron chi connectivity index (χ4n) is 6.72. The van der Waals surface area contributed by atoms with Crippen molar-refractivity contribution < 1.29 is 14.6 Å². The van der Waals surface area contributed by atoms with Crippen molar-refractivity contribution in [2.24, 2.45) is 0 Å². The molecule has 0 spiro atoms. The predicted octanol–water partition coefficient (Wildman–Crippen LogP) is 8.79. The van der Waals surface area contributed by atoms with E-state index in [1.807, 2.05) is 92.7 Å². The van der Waals surface area contributed by atoms with Crippen molar-refractivity contribution in [1.29, 1.82) is 0 Å². The van der Waals surface area contributed by atoms with Gasteiger partial charge in [0.05, 0.1) is 11.0 Å². The highest BCUT2D eigenvalue weighted by Crippen LogP contribution is 2.52. The van der Waals surface area contributed by atoms with Crippen LogP contribution in [-0.4, -0.2) is 28.7 Å². The topological polar surface area (TPSA) is 46.5 Å². The summed E-state index contributed by atoms with van der Waals surface area (Å²) in [7, 11) is -0.243. The summed E-state index contributed by atoms with van der Waals surface area (Å²) in [6, 6.07) is 47.1. The molecule has 5 aromatic rings. The minimum absolute atomic E-state index is 0.000914. The van der Waals surface area contributed by atoms with Crippen LogP contribution in [0.1, 0.15) is 47.6 Å². The third kappa shape index (κ3) is 4.77. The fraction of sp³-hybridized carbons (Fsp3) is 0.184. The molecule has 0 saturated carbocycles. The van der Waals surface area contributed by atoms with Gasteiger partial charge < -0.3 is 9.84 Å². The average molecular weight is 571 g/mol. The summed E-state index contributed by atoms with van der Waals surface area (Å²) < 4.78 is 6.00. The molecular formula is C38H35O3P. The van der Waals surface area contributed by atoms with Crippen molar-refractivity contribution in [3.8, 4) is 11.1 Å². The van der Waals surface area contributed by atoms with E-state index in [0.29, 0.717) is 0 Å². The lowest BCUT2D eigenvalue weighted by atomic mass is 9.59. The summed E-state index contributed by atoms with van der Waals surface area (Å²) in [5.41, 5.74) is 4.72. The summed E-state index contributed by atoms with van der Waals surface area (Å²) >= 11 is 0. The lowest BCUT2D eigenvalue weighted by molar-refractivity contribution is 0.0111. The van der Waals surface area contributed by atoms with Crippen LogP contribution < -0.4 is 0 Å². The van der Waals surface area contributed by atoms with E-state index < -0.39 is 16.7 Å². The van der Waals surface area contributed by atoms with Crippen LogP contribution in [0.3, 0.4) is 0 Å². The molecule has 0 radical (unpaired) electrons. The molecule has 0 heterocycles. The lowest BCUT2D eigenvalue weighted by Gasteiger charge is -2.50. The zero-order valence-electron chi connectivity index (χ0n) is 23.9. The van der Waals surface area contributed by atoms with Gasteiger partial charge in [-0.3, -0.25) is 0 Å². The maximum absolute atomic E-state index is 13.5. The summed E-state index contributed by atoms with van der Waals surface area (Å²) in [6.45, 7) is 4.10. The second kappa shape index (κ2) is 11.7. The van der Waals surface area contributed by atoms with Gasteiger partial charge >= 0.3 is 5.71 Å². The van der Waals surface area contributed by atoms with Crippen molar-refractivity contribution in [3.05, 3.63) is 167 Å². The highest BCUT2D eigenvalue weighted by Gasteiger charge is 2.54. The minimum atomic E-state index is -1.35. The molecule has 210 valence electrons. The molecule has 0 aliphatic heterocycles. The Balaban J connectivity index is 1.31. The van der Waals surface area contributed by atoms with Crippen LogP contribution in [0.2, 0.25) is 0 Å². The zero-order valence-corrected chi connectivity index (χ0v) is 24.9. The number of carbonyl (C=O) groups is 1. The summed E-state index contributed by atoms with van der Waals surface area (Å²) in [5, 5.41) is 12.7. The Bertz CT molecular complexity index is 1520. The molecule has 0 amide bonds. The lowest BCUT2D eigenvalue weighted by Crippen LogP contribution is -2.56. The Hall–Kier alpha value is -4.04. The highest BCUT2D eigenvalue weighted by molar-refractivity contribution is 7.58. The van der Waals surface area contributed by atoms with Crippen LogP contribution >= 0.6 is 8.58 Å². The number of hydrogen-bond donors (Lipinski definition) is 1. The van der Waals surface area contributed by atoms with E-state index in [9.17, 15) is 9.90 Å². The molecule has 0 bridgehead atoms. The molecule has 3 atom stereocenters. The first kappa shape index (κ1) is 28.1. The monoisotopic (exact) mass is 570 g/mol. The minimum Gasteiger partial charge on any atom is -0.462 e. The maximum atomic E-state index is 13.5. The molecule has 0 saturated heterocycles. The molecule has 5 aromatic carbocycles. The van der Waals surface area contributed by atoms with Gasteiger partial charge in [0, 0.05) is 20.2 Å². The van der Waals surface area contributed by atoms with Crippen molar-refractivity contribution in [2.75, 3.05) is 6.61 Å². The number of ether oxygens (including phenoxy) is 1. The molecular weight excluding hydrogens is 535 g/mol. The van der Waals surface area contributed by atoms with Gasteiger partial charge in [0.1, 0.15) is 6.61 Å². The second-order valence-electron chi connectivity index (χ2n) is 11.2. The Morgan fingerprint density at radius 3 is 1.50 bits per heavy atom. The van der Waals surface area contributed by atoms with Crippen LogP contribution in [0.25, 0.3) is 11.1 Å². The Labute approximate surface area is 250 Å². The predicted molar refractivity (Wildman–Crippen MR) is 173 cm³/mol. The SMILES string of the molecule is CC(PC(=O)OCC1c2ccccc2-c2ccccc21)C(C)(O)C(c1ccccc1)(c1ccccc1)c1ccccc1. The van der Waals surface area contributed by atoms with Gasteiger partial charge in [0.15, 0.2) is 0 Å². The van der Waals surface area contributed by atoms with Crippen LogP contribution in [0.5, 0.6) is 0 Å². The van der Waals surface area contributed by atoms with E-state index in [1.165, 1.54) is 22.3 Å². The van der Waals surface area contributed by atoms with E-state index in [1.54, 1.807) is 0 Å². The molecule has 1 aliphatic carbocycles. The van der Waals surface area contributed by atoms with E-state index >= 15 is 0 Å². The third-order valence-electron chi connectivity index (χ3n) is 8.90. The summed E-state index contributed by atoms with van der Waals surface area (Å²) in [5.74, 6) is -0.000914. The number of fused-ring (bicyclic) bond motifs is 3. The molecule has 1 N–H and O–H groups in total. The standard InChI is InChI=1S/C38H35O3P/c1-27(42-36(39)41-26-35-33-24-14-12-22-31(33)32-23-13-15-25-34(32)35)37(2,40)38(28-16-6-3-7-17-28,29-18-8-4-9-19-29)30-20-10-5-11-21-30/h3-25,27,35,40,42H,26H2,1-2H3. The van der Waals surface area contributed by atoms with Gasteiger partial charge in [-0.25, -0.2) is 4.79 Å². The number of hydrogen-bond acceptors (Lipinski definition) is 3. The first-order valence-corrected chi connectivity index (χ1v) is 15.5. The first-order chi connectivity index (χ1) is 20.4. The van der Waals surface area contributed by atoms with Crippen molar-refractivity contribution in [3.63, 3.8) is 0 Å².